The maximum Gasteiger partial charge on any atom is 0.00223 e. The standard InChI is InChI=1S/C11H22N2/c1-10-3-6-13(7-4-10)9-11-2-5-12-8-11/h10-12H,2-9H2,1H3/t11-/m0/s1. The molecule has 76 valence electrons. The molecule has 2 heterocycles. The Bertz CT molecular complexity index is 144. The SMILES string of the molecule is CC1CCN(C[C@H]2CCNC2)CC1. The van der Waals surface area contributed by atoms with Crippen molar-refractivity contribution in [3.63, 3.8) is 0 Å². The lowest BCUT2D eigenvalue weighted by atomic mass is 9.98. The zero-order valence-electron chi connectivity index (χ0n) is 8.76. The van der Waals surface area contributed by atoms with Gasteiger partial charge < -0.3 is 10.2 Å². The number of hydrogen-bond acceptors (Lipinski definition) is 2. The number of piperidine rings is 1. The van der Waals surface area contributed by atoms with Crippen molar-refractivity contribution >= 4 is 0 Å². The van der Waals surface area contributed by atoms with E-state index in [0.717, 1.165) is 11.8 Å². The molecule has 0 aromatic heterocycles. The summed E-state index contributed by atoms with van der Waals surface area (Å²) in [5, 5.41) is 3.44. The molecule has 0 amide bonds. The lowest BCUT2D eigenvalue weighted by Crippen LogP contribution is -2.37. The van der Waals surface area contributed by atoms with Crippen LogP contribution in [0.2, 0.25) is 0 Å². The van der Waals surface area contributed by atoms with Crippen molar-refractivity contribution in [1.29, 1.82) is 0 Å². The van der Waals surface area contributed by atoms with Crippen molar-refractivity contribution in [3.8, 4) is 0 Å². The lowest BCUT2D eigenvalue weighted by Gasteiger charge is -2.31. The number of rotatable bonds is 2. The van der Waals surface area contributed by atoms with Crippen LogP contribution in [-0.2, 0) is 0 Å². The van der Waals surface area contributed by atoms with E-state index in [2.05, 4.69) is 17.1 Å². The van der Waals surface area contributed by atoms with Crippen LogP contribution < -0.4 is 5.32 Å². The van der Waals surface area contributed by atoms with E-state index in [0.29, 0.717) is 0 Å². The number of hydrogen-bond donors (Lipinski definition) is 1. The third-order valence-corrected chi connectivity index (χ3v) is 3.56. The molecule has 1 N–H and O–H groups in total. The van der Waals surface area contributed by atoms with Crippen LogP contribution in [0.15, 0.2) is 0 Å². The van der Waals surface area contributed by atoms with Crippen LogP contribution in [0.4, 0.5) is 0 Å². The van der Waals surface area contributed by atoms with Gasteiger partial charge in [0.25, 0.3) is 0 Å². The molecule has 0 bridgehead atoms. The second kappa shape index (κ2) is 4.43. The molecule has 2 heteroatoms. The Morgan fingerprint density at radius 2 is 2.00 bits per heavy atom. The van der Waals surface area contributed by atoms with E-state index in [1.807, 2.05) is 0 Å². The predicted molar refractivity (Wildman–Crippen MR) is 55.8 cm³/mol. The van der Waals surface area contributed by atoms with Gasteiger partial charge in [-0.15, -0.1) is 0 Å². The maximum absolute atomic E-state index is 3.44. The van der Waals surface area contributed by atoms with E-state index >= 15 is 0 Å². The minimum absolute atomic E-state index is 0.938. The van der Waals surface area contributed by atoms with E-state index in [4.69, 9.17) is 0 Å². The first kappa shape index (κ1) is 9.47. The highest BCUT2D eigenvalue weighted by atomic mass is 15.1. The molecule has 0 saturated carbocycles. The van der Waals surface area contributed by atoms with Gasteiger partial charge in [-0.25, -0.2) is 0 Å². The molecule has 2 fully saturated rings. The summed E-state index contributed by atoms with van der Waals surface area (Å²) in [7, 11) is 0. The molecule has 2 saturated heterocycles. The topological polar surface area (TPSA) is 15.3 Å². The predicted octanol–water partition coefficient (Wildman–Crippen LogP) is 1.33. The van der Waals surface area contributed by atoms with Gasteiger partial charge in [-0.3, -0.25) is 0 Å². The van der Waals surface area contributed by atoms with Crippen LogP contribution in [0.3, 0.4) is 0 Å². The third kappa shape index (κ3) is 2.68. The van der Waals surface area contributed by atoms with Crippen molar-refractivity contribution < 1.29 is 0 Å². The van der Waals surface area contributed by atoms with Crippen molar-refractivity contribution in [1.82, 2.24) is 10.2 Å². The molecular weight excluding hydrogens is 160 g/mol. The molecule has 0 spiro atoms. The molecule has 0 aromatic rings. The Morgan fingerprint density at radius 3 is 2.62 bits per heavy atom. The summed E-state index contributed by atoms with van der Waals surface area (Å²) < 4.78 is 0. The van der Waals surface area contributed by atoms with Crippen molar-refractivity contribution in [3.05, 3.63) is 0 Å². The van der Waals surface area contributed by atoms with Gasteiger partial charge >= 0.3 is 0 Å². The molecule has 13 heavy (non-hydrogen) atoms. The second-order valence-electron chi connectivity index (χ2n) is 4.84. The first-order chi connectivity index (χ1) is 6.34. The quantitative estimate of drug-likeness (QED) is 0.693. The van der Waals surface area contributed by atoms with Crippen LogP contribution >= 0.6 is 0 Å². The molecule has 0 unspecified atom stereocenters. The molecule has 1 atom stereocenters. The number of likely N-dealkylation sites (tertiary alicyclic amines) is 1. The first-order valence-electron chi connectivity index (χ1n) is 5.77. The average molecular weight is 182 g/mol. The molecule has 2 aliphatic rings. The second-order valence-corrected chi connectivity index (χ2v) is 4.84. The van der Waals surface area contributed by atoms with Gasteiger partial charge in [0.15, 0.2) is 0 Å². The van der Waals surface area contributed by atoms with E-state index in [9.17, 15) is 0 Å². The minimum atomic E-state index is 0.938. The Labute approximate surface area is 81.7 Å². The largest absolute Gasteiger partial charge is 0.316 e. The van der Waals surface area contributed by atoms with Gasteiger partial charge in [0.1, 0.15) is 0 Å². The van der Waals surface area contributed by atoms with E-state index < -0.39 is 0 Å². The molecule has 0 radical (unpaired) electrons. The van der Waals surface area contributed by atoms with E-state index in [1.165, 1.54) is 52.0 Å². The summed E-state index contributed by atoms with van der Waals surface area (Å²) in [4.78, 5) is 2.66. The average Bonchev–Trinajstić information content (AvgIpc) is 2.62. The van der Waals surface area contributed by atoms with Crippen LogP contribution in [0.5, 0.6) is 0 Å². The van der Waals surface area contributed by atoms with Gasteiger partial charge in [-0.2, -0.15) is 0 Å². The summed E-state index contributed by atoms with van der Waals surface area (Å²) in [6, 6.07) is 0. The molecule has 2 rings (SSSR count). The number of nitrogens with one attached hydrogen (secondary N) is 1. The summed E-state index contributed by atoms with van der Waals surface area (Å²) in [5.41, 5.74) is 0. The summed E-state index contributed by atoms with van der Waals surface area (Å²) >= 11 is 0. The summed E-state index contributed by atoms with van der Waals surface area (Å²) in [6.45, 7) is 8.92. The maximum atomic E-state index is 3.44. The van der Waals surface area contributed by atoms with Crippen LogP contribution in [0, 0.1) is 11.8 Å². The molecule has 2 nitrogen and oxygen atoms in total. The van der Waals surface area contributed by atoms with Crippen molar-refractivity contribution in [2.45, 2.75) is 26.2 Å². The Hall–Kier alpha value is -0.0800. The monoisotopic (exact) mass is 182 g/mol. The van der Waals surface area contributed by atoms with Crippen molar-refractivity contribution in [2.24, 2.45) is 11.8 Å². The Morgan fingerprint density at radius 1 is 1.23 bits per heavy atom. The molecule has 0 aromatic carbocycles. The molecule has 2 aliphatic heterocycles. The van der Waals surface area contributed by atoms with E-state index in [-0.39, 0.29) is 0 Å². The zero-order chi connectivity index (χ0) is 9.10. The van der Waals surface area contributed by atoms with Crippen LogP contribution in [0.1, 0.15) is 26.2 Å². The Kier molecular flexibility index (Phi) is 3.23. The first-order valence-corrected chi connectivity index (χ1v) is 5.77. The number of nitrogens with zero attached hydrogens (tertiary/aromatic N) is 1. The fourth-order valence-electron chi connectivity index (χ4n) is 2.48. The molecule has 0 aliphatic carbocycles. The smallest absolute Gasteiger partial charge is 0.00223 e. The fourth-order valence-corrected chi connectivity index (χ4v) is 2.48. The lowest BCUT2D eigenvalue weighted by molar-refractivity contribution is 0.171. The third-order valence-electron chi connectivity index (χ3n) is 3.56. The summed E-state index contributed by atoms with van der Waals surface area (Å²) in [5.74, 6) is 1.91. The van der Waals surface area contributed by atoms with E-state index in [1.54, 1.807) is 0 Å². The van der Waals surface area contributed by atoms with Gasteiger partial charge in [0.2, 0.25) is 0 Å². The van der Waals surface area contributed by atoms with Crippen LogP contribution in [0.25, 0.3) is 0 Å². The van der Waals surface area contributed by atoms with Gasteiger partial charge in [-0.1, -0.05) is 6.92 Å². The fraction of sp³-hybridized carbons (Fsp3) is 1.00. The van der Waals surface area contributed by atoms with Gasteiger partial charge in [0.05, 0.1) is 0 Å². The highest BCUT2D eigenvalue weighted by Crippen LogP contribution is 2.18. The normalized spacial score (nSPS) is 32.5. The van der Waals surface area contributed by atoms with Crippen LogP contribution in [-0.4, -0.2) is 37.6 Å². The zero-order valence-corrected chi connectivity index (χ0v) is 8.76. The minimum Gasteiger partial charge on any atom is -0.316 e. The van der Waals surface area contributed by atoms with Gasteiger partial charge in [-0.05, 0) is 57.3 Å². The Balaban J connectivity index is 1.69. The van der Waals surface area contributed by atoms with Gasteiger partial charge in [0, 0.05) is 6.54 Å². The summed E-state index contributed by atoms with van der Waals surface area (Å²) in [6.07, 6.45) is 4.23. The highest BCUT2D eigenvalue weighted by Gasteiger charge is 2.21. The van der Waals surface area contributed by atoms with Crippen molar-refractivity contribution in [2.75, 3.05) is 32.7 Å². The highest BCUT2D eigenvalue weighted by molar-refractivity contribution is 4.77. The molecular formula is C11H22N2.